The first kappa shape index (κ1) is 21.7. The Hall–Kier alpha value is -4.11. The average molecular weight is 470 g/mol. The summed E-state index contributed by atoms with van der Waals surface area (Å²) in [5, 5.41) is 12.5. The summed E-state index contributed by atoms with van der Waals surface area (Å²) in [4.78, 5) is 26.7. The molecule has 34 heavy (non-hydrogen) atoms. The molecule has 0 aliphatic heterocycles. The first-order valence-corrected chi connectivity index (χ1v) is 11.7. The maximum absolute atomic E-state index is 12.8. The van der Waals surface area contributed by atoms with Gasteiger partial charge in [0.1, 0.15) is 0 Å². The van der Waals surface area contributed by atoms with E-state index in [9.17, 15) is 4.79 Å². The van der Waals surface area contributed by atoms with Crippen LogP contribution < -0.4 is 10.6 Å². The quantitative estimate of drug-likeness (QED) is 0.354. The van der Waals surface area contributed by atoms with Crippen LogP contribution in [0.5, 0.6) is 0 Å². The van der Waals surface area contributed by atoms with Gasteiger partial charge in [-0.25, -0.2) is 14.5 Å². The number of rotatable bonds is 5. The van der Waals surface area contributed by atoms with Crippen molar-refractivity contribution in [3.05, 3.63) is 82.0 Å². The molecule has 0 aliphatic carbocycles. The molecule has 0 atom stereocenters. The van der Waals surface area contributed by atoms with E-state index in [2.05, 4.69) is 62.7 Å². The normalized spacial score (nSPS) is 11.1. The van der Waals surface area contributed by atoms with Crippen LogP contribution in [0.3, 0.4) is 0 Å². The number of hydrogen-bond donors (Lipinski definition) is 2. The van der Waals surface area contributed by atoms with Crippen LogP contribution in [0.4, 0.5) is 17.6 Å². The molecule has 3 heterocycles. The predicted octanol–water partition coefficient (Wildman–Crippen LogP) is 5.48. The van der Waals surface area contributed by atoms with Crippen LogP contribution >= 0.6 is 11.3 Å². The number of amides is 1. The molecule has 2 aromatic carbocycles. The van der Waals surface area contributed by atoms with E-state index in [-0.39, 0.29) is 11.9 Å². The predicted molar refractivity (Wildman–Crippen MR) is 135 cm³/mol. The molecule has 0 saturated heterocycles. The topological polar surface area (TPSA) is 97.1 Å². The Bertz CT molecular complexity index is 1500. The second-order valence-corrected chi connectivity index (χ2v) is 9.04. The number of nitrogens with zero attached hydrogens (tertiary/aromatic N) is 5. The van der Waals surface area contributed by atoms with Gasteiger partial charge in [0.15, 0.2) is 0 Å². The number of carbonyl (C=O) groups excluding carboxylic acids is 1. The molecule has 0 bridgehead atoms. The number of carbonyl (C=O) groups is 1. The minimum atomic E-state index is -0.277. The highest BCUT2D eigenvalue weighted by Crippen LogP contribution is 2.29. The average Bonchev–Trinajstić information content (AvgIpc) is 3.34. The van der Waals surface area contributed by atoms with Gasteiger partial charge in [-0.3, -0.25) is 10.1 Å². The van der Waals surface area contributed by atoms with Gasteiger partial charge in [-0.1, -0.05) is 23.8 Å². The van der Waals surface area contributed by atoms with Crippen LogP contribution in [0.15, 0.2) is 53.9 Å². The third-order valence-electron chi connectivity index (χ3n) is 5.35. The standard InChI is InChI=1S/C25H23N7OS/c1-14-5-10-20(15(2)11-14)21-13-34-25-30-24(31-32(21)25)29-22(33)18-6-8-19(9-7-18)28-23-26-16(3)12-17(4)27-23/h5-13H,1-4H3,(H,26,27,28)(H,29,31,33). The zero-order chi connectivity index (χ0) is 23.8. The molecule has 0 unspecified atom stereocenters. The number of aryl methyl sites for hydroxylation is 4. The first-order valence-electron chi connectivity index (χ1n) is 10.8. The van der Waals surface area contributed by atoms with Gasteiger partial charge in [0.25, 0.3) is 11.9 Å². The minimum Gasteiger partial charge on any atom is -0.324 e. The van der Waals surface area contributed by atoms with Crippen molar-refractivity contribution in [1.29, 1.82) is 0 Å². The van der Waals surface area contributed by atoms with E-state index in [0.717, 1.165) is 33.3 Å². The Morgan fingerprint density at radius 3 is 2.32 bits per heavy atom. The smallest absolute Gasteiger partial charge is 0.258 e. The highest BCUT2D eigenvalue weighted by atomic mass is 32.1. The molecular formula is C25H23N7OS. The van der Waals surface area contributed by atoms with Gasteiger partial charge in [0.05, 0.1) is 5.69 Å². The van der Waals surface area contributed by atoms with E-state index < -0.39 is 0 Å². The molecule has 0 saturated carbocycles. The van der Waals surface area contributed by atoms with E-state index >= 15 is 0 Å². The van der Waals surface area contributed by atoms with Crippen molar-refractivity contribution in [1.82, 2.24) is 24.6 Å². The van der Waals surface area contributed by atoms with Crippen LogP contribution in [0.25, 0.3) is 16.2 Å². The number of fused-ring (bicyclic) bond motifs is 1. The van der Waals surface area contributed by atoms with Crippen LogP contribution in [0, 0.1) is 27.7 Å². The number of anilines is 3. The molecular weight excluding hydrogens is 446 g/mol. The van der Waals surface area contributed by atoms with Crippen LogP contribution in [0.2, 0.25) is 0 Å². The van der Waals surface area contributed by atoms with Crippen molar-refractivity contribution in [3.8, 4) is 11.3 Å². The molecule has 1 amide bonds. The van der Waals surface area contributed by atoms with Crippen molar-refractivity contribution in [2.75, 3.05) is 10.6 Å². The van der Waals surface area contributed by atoms with Crippen LogP contribution in [0.1, 0.15) is 32.9 Å². The molecule has 0 spiro atoms. The van der Waals surface area contributed by atoms with Crippen molar-refractivity contribution in [3.63, 3.8) is 0 Å². The zero-order valence-corrected chi connectivity index (χ0v) is 20.1. The monoisotopic (exact) mass is 469 g/mol. The molecule has 8 nitrogen and oxygen atoms in total. The molecule has 0 radical (unpaired) electrons. The molecule has 0 aliphatic rings. The van der Waals surface area contributed by atoms with E-state index in [4.69, 9.17) is 0 Å². The van der Waals surface area contributed by atoms with Gasteiger partial charge in [0.2, 0.25) is 10.9 Å². The number of benzene rings is 2. The maximum atomic E-state index is 12.8. The number of hydrogen-bond acceptors (Lipinski definition) is 7. The Kier molecular flexibility index (Phi) is 5.54. The lowest BCUT2D eigenvalue weighted by Crippen LogP contribution is -2.13. The van der Waals surface area contributed by atoms with Gasteiger partial charge in [-0.15, -0.1) is 16.4 Å². The lowest BCUT2D eigenvalue weighted by Gasteiger charge is -2.07. The van der Waals surface area contributed by atoms with Crippen molar-refractivity contribution in [2.24, 2.45) is 0 Å². The third kappa shape index (κ3) is 4.38. The van der Waals surface area contributed by atoms with Crippen LogP contribution in [-0.2, 0) is 0 Å². The highest BCUT2D eigenvalue weighted by Gasteiger charge is 2.15. The van der Waals surface area contributed by atoms with Gasteiger partial charge in [-0.05, 0) is 63.6 Å². The van der Waals surface area contributed by atoms with Gasteiger partial charge in [0, 0.05) is 33.6 Å². The summed E-state index contributed by atoms with van der Waals surface area (Å²) in [6, 6.07) is 15.3. The molecule has 2 N–H and O–H groups in total. The SMILES string of the molecule is Cc1ccc(-c2csc3nc(NC(=O)c4ccc(Nc5nc(C)cc(C)n5)cc4)nn23)c(C)c1. The minimum absolute atomic E-state index is 0.272. The molecule has 170 valence electrons. The molecule has 5 rings (SSSR count). The third-order valence-corrected chi connectivity index (χ3v) is 6.17. The van der Waals surface area contributed by atoms with Crippen LogP contribution in [-0.4, -0.2) is 30.5 Å². The lowest BCUT2D eigenvalue weighted by molar-refractivity contribution is 0.102. The van der Waals surface area contributed by atoms with Gasteiger partial charge >= 0.3 is 0 Å². The molecule has 0 fully saturated rings. The van der Waals surface area contributed by atoms with Gasteiger partial charge in [-0.2, -0.15) is 4.98 Å². The Labute approximate surface area is 200 Å². The van der Waals surface area contributed by atoms with Crippen molar-refractivity contribution >= 4 is 39.8 Å². The second-order valence-electron chi connectivity index (χ2n) is 8.20. The summed E-state index contributed by atoms with van der Waals surface area (Å²) in [5.74, 6) is 0.519. The summed E-state index contributed by atoms with van der Waals surface area (Å²) in [6.07, 6.45) is 0. The fourth-order valence-electron chi connectivity index (χ4n) is 3.81. The largest absolute Gasteiger partial charge is 0.324 e. The fourth-order valence-corrected chi connectivity index (χ4v) is 4.63. The maximum Gasteiger partial charge on any atom is 0.258 e. The summed E-state index contributed by atoms with van der Waals surface area (Å²) < 4.78 is 1.77. The summed E-state index contributed by atoms with van der Waals surface area (Å²) in [7, 11) is 0. The number of nitrogens with one attached hydrogen (secondary N) is 2. The van der Waals surface area contributed by atoms with E-state index in [1.54, 1.807) is 16.6 Å². The van der Waals surface area contributed by atoms with Crippen molar-refractivity contribution in [2.45, 2.75) is 27.7 Å². The summed E-state index contributed by atoms with van der Waals surface area (Å²) in [6.45, 7) is 8.00. The summed E-state index contributed by atoms with van der Waals surface area (Å²) >= 11 is 1.49. The van der Waals surface area contributed by atoms with Crippen molar-refractivity contribution < 1.29 is 4.79 Å². The van der Waals surface area contributed by atoms with E-state index in [1.807, 2.05) is 37.4 Å². The Morgan fingerprint density at radius 1 is 0.882 bits per heavy atom. The fraction of sp³-hybridized carbons (Fsp3) is 0.160. The lowest BCUT2D eigenvalue weighted by atomic mass is 10.0. The molecule has 3 aromatic heterocycles. The Morgan fingerprint density at radius 2 is 1.62 bits per heavy atom. The Balaban J connectivity index is 1.32. The molecule has 5 aromatic rings. The van der Waals surface area contributed by atoms with Gasteiger partial charge < -0.3 is 5.32 Å². The van der Waals surface area contributed by atoms with E-state index in [0.29, 0.717) is 11.5 Å². The molecule has 9 heteroatoms. The number of aromatic nitrogens is 5. The summed E-state index contributed by atoms with van der Waals surface area (Å²) in [5.41, 5.74) is 7.49. The van der Waals surface area contributed by atoms with E-state index in [1.165, 1.54) is 22.5 Å². The first-order chi connectivity index (χ1) is 16.4. The number of thiazole rings is 1. The zero-order valence-electron chi connectivity index (χ0n) is 19.2. The highest BCUT2D eigenvalue weighted by molar-refractivity contribution is 7.15. The second kappa shape index (κ2) is 8.68.